The molecule has 1 aromatic rings. The van der Waals surface area contributed by atoms with E-state index in [1.807, 2.05) is 12.1 Å². The van der Waals surface area contributed by atoms with Crippen LogP contribution in [0.2, 0.25) is 0 Å². The molecule has 0 radical (unpaired) electrons. The van der Waals surface area contributed by atoms with Gasteiger partial charge in [0.15, 0.2) is 0 Å². The quantitative estimate of drug-likeness (QED) is 0.740. The van der Waals surface area contributed by atoms with E-state index in [1.54, 1.807) is 0 Å². The van der Waals surface area contributed by atoms with Crippen LogP contribution in [0.25, 0.3) is 0 Å². The van der Waals surface area contributed by atoms with E-state index in [-0.39, 0.29) is 40.1 Å². The molecule has 5 rings (SSSR count). The minimum atomic E-state index is -0.0399. The maximum Gasteiger partial charge on any atom is 0.230 e. The molecule has 1 aromatic heterocycles. The lowest BCUT2D eigenvalue weighted by Gasteiger charge is -2.59. The van der Waals surface area contributed by atoms with Crippen molar-refractivity contribution in [2.45, 2.75) is 56.5 Å². The number of pyridine rings is 1. The van der Waals surface area contributed by atoms with E-state index < -0.39 is 0 Å². The predicted octanol–water partition coefficient (Wildman–Crippen LogP) is 3.22. The number of carbonyl (C=O) groups is 1. The fourth-order valence-electron chi connectivity index (χ4n) is 6.07. The van der Waals surface area contributed by atoms with E-state index in [0.29, 0.717) is 5.03 Å². The summed E-state index contributed by atoms with van der Waals surface area (Å²) in [5.41, 5.74) is 6.48. The third kappa shape index (κ3) is 3.44. The minimum absolute atomic E-state index is 0.0399. The predicted molar refractivity (Wildman–Crippen MR) is 107 cm³/mol. The molecule has 0 aromatic carbocycles. The van der Waals surface area contributed by atoms with Gasteiger partial charge in [0.25, 0.3) is 0 Å². The van der Waals surface area contributed by atoms with Crippen LogP contribution < -0.4 is 11.1 Å². The Labute approximate surface area is 169 Å². The van der Waals surface area contributed by atoms with Gasteiger partial charge in [0.05, 0.1) is 16.9 Å². The van der Waals surface area contributed by atoms with Crippen molar-refractivity contribution >= 4 is 23.5 Å². The fraction of sp³-hybridized carbons (Fsp3) is 0.619. The second kappa shape index (κ2) is 7.29. The van der Waals surface area contributed by atoms with Crippen molar-refractivity contribution in [3.05, 3.63) is 17.2 Å². The molecule has 0 spiro atoms. The first-order valence-electron chi connectivity index (χ1n) is 9.95. The Morgan fingerprint density at radius 3 is 2.36 bits per heavy atom. The molecule has 6 nitrogen and oxygen atoms in total. The third-order valence-electron chi connectivity index (χ3n) is 6.98. The maximum absolute atomic E-state index is 12.6. The molecule has 0 aliphatic heterocycles. The van der Waals surface area contributed by atoms with Crippen LogP contribution in [0, 0.1) is 45.8 Å². The van der Waals surface area contributed by atoms with E-state index in [1.165, 1.54) is 56.4 Å². The van der Waals surface area contributed by atoms with Gasteiger partial charge in [-0.25, -0.2) is 4.98 Å². The Morgan fingerprint density at radius 2 is 1.82 bits per heavy atom. The van der Waals surface area contributed by atoms with Gasteiger partial charge in [0, 0.05) is 6.04 Å². The summed E-state index contributed by atoms with van der Waals surface area (Å²) in [6.45, 7) is 2.16. The summed E-state index contributed by atoms with van der Waals surface area (Å²) in [4.78, 5) is 16.7. The molecular formula is C21H25N5OS. The van der Waals surface area contributed by atoms with Gasteiger partial charge in [-0.1, -0.05) is 11.8 Å². The highest BCUT2D eigenvalue weighted by Gasteiger charge is 2.53. The molecule has 4 bridgehead atoms. The smallest absolute Gasteiger partial charge is 0.230 e. The number of nitriles is 2. The number of nitrogens with two attached hydrogens (primary N) is 1. The van der Waals surface area contributed by atoms with Gasteiger partial charge in [-0.2, -0.15) is 10.5 Å². The zero-order valence-corrected chi connectivity index (χ0v) is 16.9. The van der Waals surface area contributed by atoms with E-state index >= 15 is 0 Å². The first-order chi connectivity index (χ1) is 13.4. The molecule has 3 N–H and O–H groups in total. The van der Waals surface area contributed by atoms with E-state index in [0.717, 1.165) is 17.8 Å². The summed E-state index contributed by atoms with van der Waals surface area (Å²) in [6.07, 6.45) is 7.91. The highest BCUT2D eigenvalue weighted by Crippen LogP contribution is 2.61. The van der Waals surface area contributed by atoms with Gasteiger partial charge in [0.2, 0.25) is 5.91 Å². The highest BCUT2D eigenvalue weighted by atomic mass is 32.2. The Morgan fingerprint density at radius 1 is 1.25 bits per heavy atom. The normalized spacial score (nSPS) is 31.0. The summed E-state index contributed by atoms with van der Waals surface area (Å²) in [5.74, 6) is 2.79. The van der Waals surface area contributed by atoms with Crippen molar-refractivity contribution in [2.24, 2.45) is 23.2 Å². The van der Waals surface area contributed by atoms with Gasteiger partial charge in [0.1, 0.15) is 23.0 Å². The average molecular weight is 396 g/mol. The molecule has 146 valence electrons. The van der Waals surface area contributed by atoms with Crippen molar-refractivity contribution in [1.29, 1.82) is 10.5 Å². The van der Waals surface area contributed by atoms with Crippen molar-refractivity contribution in [2.75, 3.05) is 11.5 Å². The van der Waals surface area contributed by atoms with Crippen LogP contribution >= 0.6 is 11.8 Å². The first kappa shape index (κ1) is 19.1. The van der Waals surface area contributed by atoms with Crippen molar-refractivity contribution < 1.29 is 4.79 Å². The molecule has 4 aliphatic carbocycles. The molecule has 28 heavy (non-hydrogen) atoms. The SMILES string of the molecule is CC(NC(=O)CSc1nc(N)c(C#N)cc1C#N)C12CC3CC(CC(C3)C1)C2. The Bertz CT molecular complexity index is 849. The molecule has 1 unspecified atom stereocenters. The minimum Gasteiger partial charge on any atom is -0.383 e. The van der Waals surface area contributed by atoms with Crippen molar-refractivity contribution in [1.82, 2.24) is 10.3 Å². The fourth-order valence-corrected chi connectivity index (χ4v) is 6.84. The summed E-state index contributed by atoms with van der Waals surface area (Å²) in [7, 11) is 0. The summed E-state index contributed by atoms with van der Waals surface area (Å²) < 4.78 is 0. The molecule has 1 atom stereocenters. The second-order valence-corrected chi connectivity index (χ2v) is 9.82. The van der Waals surface area contributed by atoms with Crippen LogP contribution in [0.5, 0.6) is 0 Å². The molecule has 4 aliphatic rings. The molecule has 1 heterocycles. The van der Waals surface area contributed by atoms with Crippen LogP contribution in [-0.2, 0) is 4.79 Å². The van der Waals surface area contributed by atoms with Gasteiger partial charge in [-0.05, 0) is 74.7 Å². The lowest BCUT2D eigenvalue weighted by Crippen LogP contribution is -2.56. The average Bonchev–Trinajstić information content (AvgIpc) is 2.65. The highest BCUT2D eigenvalue weighted by molar-refractivity contribution is 8.00. The molecule has 4 fully saturated rings. The third-order valence-corrected chi connectivity index (χ3v) is 7.97. The Balaban J connectivity index is 1.38. The lowest BCUT2D eigenvalue weighted by atomic mass is 9.48. The Kier molecular flexibility index (Phi) is 4.97. The second-order valence-electron chi connectivity index (χ2n) is 8.86. The maximum atomic E-state index is 12.6. The van der Waals surface area contributed by atoms with Crippen LogP contribution in [0.15, 0.2) is 11.1 Å². The zero-order chi connectivity index (χ0) is 19.9. The lowest BCUT2D eigenvalue weighted by molar-refractivity contribution is -0.123. The number of nitrogens with zero attached hydrogens (tertiary/aromatic N) is 3. The van der Waals surface area contributed by atoms with Gasteiger partial charge in [-0.3, -0.25) is 4.79 Å². The molecular weight excluding hydrogens is 370 g/mol. The van der Waals surface area contributed by atoms with E-state index in [9.17, 15) is 10.1 Å². The van der Waals surface area contributed by atoms with E-state index in [4.69, 9.17) is 11.0 Å². The molecule has 0 saturated heterocycles. The zero-order valence-electron chi connectivity index (χ0n) is 16.1. The van der Waals surface area contributed by atoms with Crippen LogP contribution in [0.1, 0.15) is 56.6 Å². The molecule has 4 saturated carbocycles. The monoisotopic (exact) mass is 395 g/mol. The number of aromatic nitrogens is 1. The number of thioether (sulfide) groups is 1. The standard InChI is InChI=1S/C21H25N5OS/c1-12(21-6-13-2-14(7-21)4-15(3-13)8-21)25-18(27)11-28-20-17(10-23)5-16(9-22)19(24)26-20/h5,12-15H,2-4,6-8,11H2,1H3,(H2,24,26)(H,25,27). The van der Waals surface area contributed by atoms with Crippen LogP contribution in [0.3, 0.4) is 0 Å². The molecule has 7 heteroatoms. The van der Waals surface area contributed by atoms with Gasteiger partial charge in [-0.15, -0.1) is 0 Å². The van der Waals surface area contributed by atoms with Crippen molar-refractivity contribution in [3.8, 4) is 12.1 Å². The summed E-state index contributed by atoms with van der Waals surface area (Å²) in [5, 5.41) is 21.9. The van der Waals surface area contributed by atoms with Gasteiger partial charge < -0.3 is 11.1 Å². The summed E-state index contributed by atoms with van der Waals surface area (Å²) in [6, 6.07) is 5.55. The Hall–Kier alpha value is -2.25. The number of anilines is 1. The number of hydrogen-bond acceptors (Lipinski definition) is 6. The summed E-state index contributed by atoms with van der Waals surface area (Å²) >= 11 is 1.20. The number of amides is 1. The molecule has 1 amide bonds. The largest absolute Gasteiger partial charge is 0.383 e. The van der Waals surface area contributed by atoms with Crippen LogP contribution in [-0.4, -0.2) is 22.7 Å². The number of nitrogen functional groups attached to an aromatic ring is 1. The van der Waals surface area contributed by atoms with Gasteiger partial charge >= 0.3 is 0 Å². The van der Waals surface area contributed by atoms with Crippen LogP contribution in [0.4, 0.5) is 5.82 Å². The number of hydrogen-bond donors (Lipinski definition) is 2. The number of nitrogens with one attached hydrogen (secondary N) is 1. The number of carbonyl (C=O) groups excluding carboxylic acids is 1. The van der Waals surface area contributed by atoms with Crippen molar-refractivity contribution in [3.63, 3.8) is 0 Å². The van der Waals surface area contributed by atoms with E-state index in [2.05, 4.69) is 17.2 Å². The first-order valence-corrected chi connectivity index (χ1v) is 10.9. The number of rotatable bonds is 5. The topological polar surface area (TPSA) is 116 Å².